The van der Waals surface area contributed by atoms with E-state index in [1.165, 1.54) is 334 Å². The molecule has 10 heteroatoms. The van der Waals surface area contributed by atoms with Crippen LogP contribution in [0, 0.1) is 0 Å². The molecule has 9 nitrogen and oxygen atoms in total. The van der Waals surface area contributed by atoms with E-state index in [-0.39, 0.29) is 32.0 Å². The summed E-state index contributed by atoms with van der Waals surface area (Å²) in [7, 11) is 1.19. The fourth-order valence-corrected chi connectivity index (χ4v) is 13.4. The van der Waals surface area contributed by atoms with Crippen LogP contribution in [0.25, 0.3) is 0 Å². The highest BCUT2D eigenvalue weighted by Gasteiger charge is 2.22. The van der Waals surface area contributed by atoms with Crippen molar-refractivity contribution in [3.05, 3.63) is 60.8 Å². The molecule has 96 heavy (non-hydrogen) atoms. The normalized spacial score (nSPS) is 13.3. The number of ether oxygens (including phenoxy) is 2. The first-order valence-corrected chi connectivity index (χ1v) is 43.5. The van der Waals surface area contributed by atoms with Crippen LogP contribution in [0.3, 0.4) is 0 Å². The Balaban J connectivity index is 3.87. The Morgan fingerprint density at radius 1 is 0.333 bits per heavy atom. The maximum Gasteiger partial charge on any atom is 0.306 e. The number of nitrogens with zero attached hydrogens (tertiary/aromatic N) is 1. The first-order valence-electron chi connectivity index (χ1n) is 42.0. The number of unbranched alkanes of at least 4 members (excludes halogenated alkanes) is 55. The Kier molecular flexibility index (Phi) is 75.0. The molecule has 0 fully saturated rings. The van der Waals surface area contributed by atoms with Gasteiger partial charge in [0.15, 0.2) is 6.10 Å². The molecule has 0 aromatic rings. The Morgan fingerprint density at radius 2 is 0.594 bits per heavy atom. The van der Waals surface area contributed by atoms with Crippen molar-refractivity contribution in [2.24, 2.45) is 0 Å². The maximum atomic E-state index is 12.9. The predicted octanol–water partition coefficient (Wildman–Crippen LogP) is 27.4. The van der Waals surface area contributed by atoms with Crippen LogP contribution >= 0.6 is 7.82 Å². The van der Waals surface area contributed by atoms with Crippen molar-refractivity contribution in [3.63, 3.8) is 0 Å². The lowest BCUT2D eigenvalue weighted by atomic mass is 10.0. The molecule has 0 saturated carbocycles. The molecule has 0 heterocycles. The van der Waals surface area contributed by atoms with Crippen LogP contribution in [-0.4, -0.2) is 70.0 Å². The molecule has 0 bridgehead atoms. The summed E-state index contributed by atoms with van der Waals surface area (Å²) in [4.78, 5) is 38.2. The van der Waals surface area contributed by atoms with Gasteiger partial charge in [-0.2, -0.15) is 0 Å². The molecule has 0 aromatic carbocycles. The second-order valence-electron chi connectivity index (χ2n) is 29.8. The molecule has 0 rings (SSSR count). The van der Waals surface area contributed by atoms with Crippen molar-refractivity contribution < 1.29 is 42.1 Å². The number of rotatable bonds is 79. The lowest BCUT2D eigenvalue weighted by molar-refractivity contribution is -0.870. The van der Waals surface area contributed by atoms with Crippen LogP contribution in [0.4, 0.5) is 0 Å². The molecule has 0 radical (unpaired) electrons. The second kappa shape index (κ2) is 76.9. The van der Waals surface area contributed by atoms with Crippen LogP contribution in [0.5, 0.6) is 0 Å². The van der Waals surface area contributed by atoms with Crippen LogP contribution in [0.1, 0.15) is 425 Å². The summed E-state index contributed by atoms with van der Waals surface area (Å²) < 4.78 is 34.5. The minimum atomic E-state index is -4.64. The Morgan fingerprint density at radius 3 is 0.896 bits per heavy atom. The van der Waals surface area contributed by atoms with Crippen molar-refractivity contribution in [1.82, 2.24) is 0 Å². The Hall–Kier alpha value is -2.29. The van der Waals surface area contributed by atoms with Crippen LogP contribution in [-0.2, 0) is 32.7 Å². The molecule has 0 amide bonds. The fourth-order valence-electron chi connectivity index (χ4n) is 12.7. The summed E-state index contributed by atoms with van der Waals surface area (Å²) in [6, 6.07) is 0. The predicted molar refractivity (Wildman–Crippen MR) is 416 cm³/mol. The van der Waals surface area contributed by atoms with Gasteiger partial charge in [0, 0.05) is 12.8 Å². The number of esters is 2. The highest BCUT2D eigenvalue weighted by atomic mass is 31.2. The molecule has 0 aliphatic carbocycles. The molecule has 2 unspecified atom stereocenters. The number of hydrogen-bond donors (Lipinski definition) is 0. The van der Waals surface area contributed by atoms with Crippen molar-refractivity contribution in [2.45, 2.75) is 431 Å². The van der Waals surface area contributed by atoms with Gasteiger partial charge in [-0.15, -0.1) is 0 Å². The molecule has 0 aromatic heterocycles. The smallest absolute Gasteiger partial charge is 0.306 e. The first kappa shape index (κ1) is 93.7. The van der Waals surface area contributed by atoms with Gasteiger partial charge in [0.1, 0.15) is 19.8 Å². The van der Waals surface area contributed by atoms with Gasteiger partial charge in [0.2, 0.25) is 0 Å². The number of carbonyl (C=O) groups excluding carboxylic acids is 2. The topological polar surface area (TPSA) is 111 Å². The molecular weight excluding hydrogens is 1210 g/mol. The van der Waals surface area contributed by atoms with E-state index in [1.807, 2.05) is 21.1 Å². The lowest BCUT2D eigenvalue weighted by Gasteiger charge is -2.28. The van der Waals surface area contributed by atoms with Crippen molar-refractivity contribution in [3.8, 4) is 0 Å². The van der Waals surface area contributed by atoms with Crippen LogP contribution in [0.15, 0.2) is 60.8 Å². The van der Waals surface area contributed by atoms with Gasteiger partial charge in [0.05, 0.1) is 27.7 Å². The van der Waals surface area contributed by atoms with Crippen LogP contribution in [0.2, 0.25) is 0 Å². The van der Waals surface area contributed by atoms with Gasteiger partial charge < -0.3 is 27.9 Å². The molecule has 0 aliphatic rings. The Labute approximate surface area is 597 Å². The maximum absolute atomic E-state index is 12.9. The van der Waals surface area contributed by atoms with Gasteiger partial charge >= 0.3 is 11.9 Å². The van der Waals surface area contributed by atoms with Gasteiger partial charge in [-0.1, -0.05) is 396 Å². The standard InChI is InChI=1S/C86H162NO8P/c1-6-8-10-12-14-16-18-20-22-24-26-28-30-32-34-36-38-40-41-42-43-44-45-47-48-50-52-54-56-58-60-62-64-66-68-70-72-74-76-78-85(88)92-82-84(83-94-96(90,91)93-81-80-87(3,4)5)95-86(89)79-77-75-73-71-69-67-65-63-61-59-57-55-53-51-49-46-39-37-35-33-31-29-27-25-23-21-19-17-15-13-11-9-7-2/h9,11,15,17,21,23-24,26-27,29,84H,6-8,10,12-14,16,18-20,22,25,28,30-83H2,1-5H3/b11-9-,17-15-,23-21-,26-24-,29-27-. The highest BCUT2D eigenvalue weighted by molar-refractivity contribution is 7.45. The van der Waals surface area contributed by atoms with Gasteiger partial charge in [-0.05, 0) is 77.0 Å². The number of allylic oxidation sites excluding steroid dienone is 10. The van der Waals surface area contributed by atoms with E-state index < -0.39 is 26.5 Å². The summed E-state index contributed by atoms with van der Waals surface area (Å²) >= 11 is 0. The number of phosphoric acid groups is 1. The summed E-state index contributed by atoms with van der Waals surface area (Å²) in [5.74, 6) is -0.809. The molecule has 0 saturated heterocycles. The summed E-state index contributed by atoms with van der Waals surface area (Å²) in [6.07, 6.45) is 104. The number of carbonyl (C=O) groups is 2. The largest absolute Gasteiger partial charge is 0.756 e. The number of likely N-dealkylation sites (N-methyl/N-ethyl adjacent to an activating group) is 1. The minimum Gasteiger partial charge on any atom is -0.756 e. The number of hydrogen-bond acceptors (Lipinski definition) is 8. The zero-order chi connectivity index (χ0) is 69.7. The van der Waals surface area contributed by atoms with Gasteiger partial charge in [-0.3, -0.25) is 14.2 Å². The fraction of sp³-hybridized carbons (Fsp3) is 0.860. The van der Waals surface area contributed by atoms with Crippen LogP contribution < -0.4 is 4.89 Å². The van der Waals surface area contributed by atoms with E-state index >= 15 is 0 Å². The third-order valence-electron chi connectivity index (χ3n) is 19.0. The molecular formula is C86H162NO8P. The molecule has 0 N–H and O–H groups in total. The lowest BCUT2D eigenvalue weighted by Crippen LogP contribution is -2.37. The number of phosphoric ester groups is 1. The third-order valence-corrected chi connectivity index (χ3v) is 20.0. The molecule has 2 atom stereocenters. The zero-order valence-corrected chi connectivity index (χ0v) is 65.5. The van der Waals surface area contributed by atoms with Crippen molar-refractivity contribution >= 4 is 19.8 Å². The number of quaternary nitrogens is 1. The second-order valence-corrected chi connectivity index (χ2v) is 31.2. The molecule has 0 aliphatic heterocycles. The third kappa shape index (κ3) is 80.7. The highest BCUT2D eigenvalue weighted by Crippen LogP contribution is 2.38. The summed E-state index contributed by atoms with van der Waals surface area (Å²) in [5.41, 5.74) is 0. The van der Waals surface area contributed by atoms with E-state index in [2.05, 4.69) is 74.6 Å². The monoisotopic (exact) mass is 1370 g/mol. The Bertz CT molecular complexity index is 1800. The van der Waals surface area contributed by atoms with E-state index in [9.17, 15) is 19.0 Å². The van der Waals surface area contributed by atoms with Gasteiger partial charge in [-0.25, -0.2) is 0 Å². The molecule has 0 spiro atoms. The van der Waals surface area contributed by atoms with E-state index in [1.54, 1.807) is 0 Å². The first-order chi connectivity index (χ1) is 47.0. The van der Waals surface area contributed by atoms with Crippen molar-refractivity contribution in [1.29, 1.82) is 0 Å². The van der Waals surface area contributed by atoms with E-state index in [0.717, 1.165) is 57.8 Å². The summed E-state index contributed by atoms with van der Waals surface area (Å²) in [5, 5.41) is 0. The van der Waals surface area contributed by atoms with Gasteiger partial charge in [0.25, 0.3) is 7.82 Å². The SMILES string of the molecule is CC/C=C\C/C=C\C/C=C\C/C=C\CCCCCCCCCCCCCCCCCCCCCCC(=O)OC(COC(=O)CCCCCCCCCCCCCCCCCCCCCCCCCCCCC/C=C\CCCCCCCCCC)COP(=O)([O-])OCC[N+](C)(C)C. The average Bonchev–Trinajstić information content (AvgIpc) is 1.48. The quantitative estimate of drug-likeness (QED) is 0.0195. The van der Waals surface area contributed by atoms with E-state index in [0.29, 0.717) is 17.4 Å². The van der Waals surface area contributed by atoms with E-state index in [4.69, 9.17) is 18.5 Å². The summed E-state index contributed by atoms with van der Waals surface area (Å²) in [6.45, 7) is 4.20. The molecule has 564 valence electrons. The van der Waals surface area contributed by atoms with Crippen molar-refractivity contribution in [2.75, 3.05) is 47.5 Å². The average molecular weight is 1370 g/mol. The zero-order valence-electron chi connectivity index (χ0n) is 64.6. The minimum absolute atomic E-state index is 0.0284.